The molecule has 4 aromatic rings. The van der Waals surface area contributed by atoms with Gasteiger partial charge in [0.15, 0.2) is 0 Å². The van der Waals surface area contributed by atoms with E-state index in [0.717, 1.165) is 10.4 Å². The van der Waals surface area contributed by atoms with E-state index in [2.05, 4.69) is 10.6 Å². The Bertz CT molecular complexity index is 1560. The Hall–Kier alpha value is -4.96. The lowest BCUT2D eigenvalue weighted by atomic mass is 9.96. The summed E-state index contributed by atoms with van der Waals surface area (Å²) in [5.41, 5.74) is 7.60. The zero-order chi connectivity index (χ0) is 29.5. The number of rotatable bonds is 10. The highest BCUT2D eigenvalue weighted by Crippen LogP contribution is 2.32. The second-order valence-electron chi connectivity index (χ2n) is 9.96. The standard InChI is InChI=1S/C32H31N5O4S/c33-30(34)24-15-27(42-20-24)17-35-32(40)28-16-23(21-7-3-1-4-8-21)19-37(28)29(38)18-36-31(39)22-11-13-26(14-12-22)41-25-9-5-2-6-10-25/h1-15,20,23,28H,16-19H2,(H3,33,34)(H,35,40)(H,36,39)/t23-,28?/m1/s1. The number of hydrogen-bond donors (Lipinski definition) is 4. The number of likely N-dealkylation sites (tertiary alicyclic amines) is 1. The fraction of sp³-hybridized carbons (Fsp3) is 0.188. The van der Waals surface area contributed by atoms with Gasteiger partial charge in [-0.05, 0) is 54.4 Å². The van der Waals surface area contributed by atoms with Crippen LogP contribution in [0.25, 0.3) is 0 Å². The molecule has 3 amide bonds. The van der Waals surface area contributed by atoms with Crippen molar-refractivity contribution in [3.05, 3.63) is 118 Å². The lowest BCUT2D eigenvalue weighted by Crippen LogP contribution is -2.48. The first-order chi connectivity index (χ1) is 20.4. The molecule has 2 heterocycles. The number of para-hydroxylation sites is 1. The molecule has 1 saturated heterocycles. The number of nitrogens with two attached hydrogens (primary N) is 1. The van der Waals surface area contributed by atoms with Gasteiger partial charge in [-0.15, -0.1) is 11.3 Å². The summed E-state index contributed by atoms with van der Waals surface area (Å²) in [7, 11) is 0. The summed E-state index contributed by atoms with van der Waals surface area (Å²) in [6.07, 6.45) is 0.474. The maximum atomic E-state index is 13.4. The van der Waals surface area contributed by atoms with Crippen LogP contribution in [-0.4, -0.2) is 47.6 Å². The number of benzene rings is 3. The molecule has 1 unspecified atom stereocenters. The van der Waals surface area contributed by atoms with Crippen molar-refractivity contribution < 1.29 is 19.1 Å². The number of nitrogen functional groups attached to an aromatic ring is 1. The number of carbonyl (C=O) groups excluding carboxylic acids is 3. The van der Waals surface area contributed by atoms with Gasteiger partial charge in [0.05, 0.1) is 13.1 Å². The molecule has 1 aliphatic heterocycles. The number of carbonyl (C=O) groups is 3. The van der Waals surface area contributed by atoms with E-state index in [-0.39, 0.29) is 36.7 Å². The topological polar surface area (TPSA) is 138 Å². The molecule has 5 rings (SSSR count). The van der Waals surface area contributed by atoms with Crippen LogP contribution in [0, 0.1) is 5.41 Å². The fourth-order valence-electron chi connectivity index (χ4n) is 4.89. The number of ether oxygens (including phenoxy) is 1. The third-order valence-electron chi connectivity index (χ3n) is 7.09. The van der Waals surface area contributed by atoms with Crippen molar-refractivity contribution in [2.45, 2.75) is 24.9 Å². The monoisotopic (exact) mass is 581 g/mol. The van der Waals surface area contributed by atoms with Gasteiger partial charge in [0.25, 0.3) is 5.91 Å². The fourth-order valence-corrected chi connectivity index (χ4v) is 5.72. The first kappa shape index (κ1) is 28.6. The molecule has 1 aromatic heterocycles. The van der Waals surface area contributed by atoms with E-state index in [4.69, 9.17) is 15.9 Å². The Labute approximate surface area is 247 Å². The molecule has 10 heteroatoms. The highest BCUT2D eigenvalue weighted by atomic mass is 32.1. The zero-order valence-electron chi connectivity index (χ0n) is 22.8. The lowest BCUT2D eigenvalue weighted by Gasteiger charge is -2.24. The smallest absolute Gasteiger partial charge is 0.251 e. The number of nitrogens with zero attached hydrogens (tertiary/aromatic N) is 1. The van der Waals surface area contributed by atoms with Crippen LogP contribution in [0.15, 0.2) is 96.4 Å². The Balaban J connectivity index is 1.21. The van der Waals surface area contributed by atoms with Crippen LogP contribution in [0.3, 0.4) is 0 Å². The van der Waals surface area contributed by atoms with Crippen molar-refractivity contribution >= 4 is 34.9 Å². The van der Waals surface area contributed by atoms with Crippen LogP contribution in [-0.2, 0) is 16.1 Å². The minimum atomic E-state index is -0.679. The summed E-state index contributed by atoms with van der Waals surface area (Å²) in [6, 6.07) is 26.9. The molecule has 1 fully saturated rings. The van der Waals surface area contributed by atoms with Gasteiger partial charge in [0, 0.05) is 33.8 Å². The molecule has 1 aliphatic rings. The lowest BCUT2D eigenvalue weighted by molar-refractivity contribution is -0.137. The minimum absolute atomic E-state index is 0.00943. The van der Waals surface area contributed by atoms with E-state index in [1.807, 2.05) is 60.7 Å². The molecule has 0 radical (unpaired) electrons. The van der Waals surface area contributed by atoms with Crippen LogP contribution in [0.5, 0.6) is 11.5 Å². The Morgan fingerprint density at radius 3 is 2.24 bits per heavy atom. The van der Waals surface area contributed by atoms with E-state index in [1.165, 1.54) is 11.3 Å². The third-order valence-corrected chi connectivity index (χ3v) is 8.03. The first-order valence-corrected chi connectivity index (χ1v) is 14.4. The molecular weight excluding hydrogens is 550 g/mol. The predicted molar refractivity (Wildman–Crippen MR) is 162 cm³/mol. The summed E-state index contributed by atoms with van der Waals surface area (Å²) in [4.78, 5) is 41.9. The minimum Gasteiger partial charge on any atom is -0.457 e. The van der Waals surface area contributed by atoms with Gasteiger partial charge in [-0.3, -0.25) is 19.8 Å². The summed E-state index contributed by atoms with van der Waals surface area (Å²) < 4.78 is 5.77. The van der Waals surface area contributed by atoms with Crippen LogP contribution < -0.4 is 21.1 Å². The molecule has 5 N–H and O–H groups in total. The van der Waals surface area contributed by atoms with E-state index < -0.39 is 11.9 Å². The highest BCUT2D eigenvalue weighted by molar-refractivity contribution is 7.10. The van der Waals surface area contributed by atoms with E-state index >= 15 is 0 Å². The van der Waals surface area contributed by atoms with Crippen molar-refractivity contribution in [3.63, 3.8) is 0 Å². The third kappa shape index (κ3) is 7.02. The quantitative estimate of drug-likeness (QED) is 0.164. The Morgan fingerprint density at radius 2 is 1.57 bits per heavy atom. The second kappa shape index (κ2) is 13.1. The van der Waals surface area contributed by atoms with Gasteiger partial charge < -0.3 is 26.0 Å². The van der Waals surface area contributed by atoms with Crippen LogP contribution in [0.4, 0.5) is 0 Å². The Morgan fingerprint density at radius 1 is 0.905 bits per heavy atom. The van der Waals surface area contributed by atoms with Crippen LogP contribution in [0.2, 0.25) is 0 Å². The average molecular weight is 582 g/mol. The van der Waals surface area contributed by atoms with Crippen molar-refractivity contribution in [3.8, 4) is 11.5 Å². The van der Waals surface area contributed by atoms with Gasteiger partial charge in [-0.25, -0.2) is 0 Å². The first-order valence-electron chi connectivity index (χ1n) is 13.5. The molecule has 9 nitrogen and oxygen atoms in total. The zero-order valence-corrected chi connectivity index (χ0v) is 23.6. The molecule has 0 bridgehead atoms. The van der Waals surface area contributed by atoms with Crippen molar-refractivity contribution in [1.29, 1.82) is 5.41 Å². The molecule has 3 aromatic carbocycles. The van der Waals surface area contributed by atoms with Crippen LogP contribution >= 0.6 is 11.3 Å². The van der Waals surface area contributed by atoms with E-state index in [1.54, 1.807) is 40.6 Å². The van der Waals surface area contributed by atoms with Gasteiger partial charge in [0.1, 0.15) is 23.4 Å². The molecule has 2 atom stereocenters. The predicted octanol–water partition coefficient (Wildman–Crippen LogP) is 4.26. The summed E-state index contributed by atoms with van der Waals surface area (Å²) in [6.45, 7) is 0.404. The van der Waals surface area contributed by atoms with Gasteiger partial charge in [-0.1, -0.05) is 48.5 Å². The van der Waals surface area contributed by atoms with Gasteiger partial charge >= 0.3 is 0 Å². The number of hydrogen-bond acceptors (Lipinski definition) is 6. The number of amidine groups is 1. The number of amides is 3. The maximum absolute atomic E-state index is 13.4. The summed E-state index contributed by atoms with van der Waals surface area (Å²) in [5.74, 6) is 0.251. The second-order valence-corrected chi connectivity index (χ2v) is 11.0. The summed E-state index contributed by atoms with van der Waals surface area (Å²) in [5, 5.41) is 15.0. The Kier molecular flexibility index (Phi) is 8.93. The SMILES string of the molecule is N=C(N)c1csc(CNC(=O)C2C[C@@H](c3ccccc3)CN2C(=O)CNC(=O)c2ccc(Oc3ccccc3)cc2)c1. The van der Waals surface area contributed by atoms with E-state index in [0.29, 0.717) is 35.6 Å². The molecule has 214 valence electrons. The molecule has 0 saturated carbocycles. The van der Waals surface area contributed by atoms with Crippen molar-refractivity contribution in [1.82, 2.24) is 15.5 Å². The van der Waals surface area contributed by atoms with Crippen molar-refractivity contribution in [2.24, 2.45) is 5.73 Å². The number of nitrogens with one attached hydrogen (secondary N) is 3. The van der Waals surface area contributed by atoms with Gasteiger partial charge in [0.2, 0.25) is 11.8 Å². The summed E-state index contributed by atoms with van der Waals surface area (Å²) >= 11 is 1.41. The normalized spacial score (nSPS) is 16.0. The molecule has 42 heavy (non-hydrogen) atoms. The number of thiophene rings is 1. The van der Waals surface area contributed by atoms with E-state index in [9.17, 15) is 14.4 Å². The van der Waals surface area contributed by atoms with Crippen molar-refractivity contribution in [2.75, 3.05) is 13.1 Å². The highest BCUT2D eigenvalue weighted by Gasteiger charge is 2.40. The van der Waals surface area contributed by atoms with Crippen LogP contribution in [0.1, 0.15) is 38.7 Å². The largest absolute Gasteiger partial charge is 0.457 e. The maximum Gasteiger partial charge on any atom is 0.251 e. The molecular formula is C32H31N5O4S. The average Bonchev–Trinajstić information content (AvgIpc) is 3.68. The van der Waals surface area contributed by atoms with Gasteiger partial charge in [-0.2, -0.15) is 0 Å². The molecule has 0 aliphatic carbocycles. The molecule has 0 spiro atoms.